The number of esters is 1. The summed E-state index contributed by atoms with van der Waals surface area (Å²) in [6.45, 7) is 2.94. The van der Waals surface area contributed by atoms with Gasteiger partial charge in [-0.3, -0.25) is 9.59 Å². The Bertz CT molecular complexity index is 866. The van der Waals surface area contributed by atoms with Crippen LogP contribution in [-0.4, -0.2) is 37.3 Å². The molecule has 0 saturated carbocycles. The normalized spacial score (nSPS) is 13.0. The number of hydrogen-bond acceptors (Lipinski definition) is 5. The Hall–Kier alpha value is -3.35. The van der Waals surface area contributed by atoms with Gasteiger partial charge in [-0.15, -0.1) is 0 Å². The van der Waals surface area contributed by atoms with E-state index in [0.29, 0.717) is 6.42 Å². The van der Waals surface area contributed by atoms with Gasteiger partial charge in [-0.05, 0) is 22.3 Å². The fraction of sp³-hybridized carbons (Fsp3) is 0.318. The zero-order valence-electron chi connectivity index (χ0n) is 16.4. The van der Waals surface area contributed by atoms with Gasteiger partial charge in [0.2, 0.25) is 5.91 Å². The van der Waals surface area contributed by atoms with Gasteiger partial charge in [0, 0.05) is 19.3 Å². The molecule has 0 fully saturated rings. The molecule has 0 radical (unpaired) electrons. The van der Waals surface area contributed by atoms with Crippen LogP contribution in [0.5, 0.6) is 0 Å². The van der Waals surface area contributed by atoms with Crippen LogP contribution in [0.4, 0.5) is 4.79 Å². The zero-order valence-corrected chi connectivity index (χ0v) is 16.4. The predicted octanol–water partition coefficient (Wildman–Crippen LogP) is 2.94. The number of benzene rings is 2. The highest BCUT2D eigenvalue weighted by Gasteiger charge is 2.29. The number of carbonyl (C=O) groups excluding carboxylic acids is 3. The van der Waals surface area contributed by atoms with Crippen molar-refractivity contribution < 1.29 is 23.9 Å². The van der Waals surface area contributed by atoms with Crippen LogP contribution in [0.25, 0.3) is 11.1 Å². The summed E-state index contributed by atoms with van der Waals surface area (Å²) in [6.07, 6.45) is -0.970. The maximum Gasteiger partial charge on any atom is 0.407 e. The first-order valence-corrected chi connectivity index (χ1v) is 9.55. The van der Waals surface area contributed by atoms with Crippen molar-refractivity contribution in [3.8, 4) is 11.1 Å². The lowest BCUT2D eigenvalue weighted by molar-refractivity contribution is -0.149. The lowest BCUT2D eigenvalue weighted by Gasteiger charge is -2.17. The Kier molecular flexibility index (Phi) is 6.49. The molecule has 2 amide bonds. The van der Waals surface area contributed by atoms with E-state index in [-0.39, 0.29) is 19.1 Å². The average molecular weight is 396 g/mol. The fourth-order valence-corrected chi connectivity index (χ4v) is 3.45. The molecule has 7 nitrogen and oxygen atoms in total. The van der Waals surface area contributed by atoms with E-state index in [2.05, 4.69) is 22.8 Å². The minimum absolute atomic E-state index is 0.0459. The highest BCUT2D eigenvalue weighted by molar-refractivity contribution is 5.83. The third-order valence-corrected chi connectivity index (χ3v) is 4.74. The molecule has 3 rings (SSSR count). The summed E-state index contributed by atoms with van der Waals surface area (Å²) in [5, 5.41) is 4.95. The van der Waals surface area contributed by atoms with E-state index in [9.17, 15) is 14.4 Å². The molecule has 0 aromatic heterocycles. The summed E-state index contributed by atoms with van der Waals surface area (Å²) >= 11 is 0. The minimum atomic E-state index is -0.718. The Morgan fingerprint density at radius 1 is 1.00 bits per heavy atom. The number of ether oxygens (including phenoxy) is 2. The standard InChI is InChI=1S/C22H24N2O5/c1-3-21(29-14(2)25)24-20(26)12-23-22(27)28-13-19-17-10-6-4-8-15(17)16-9-5-7-11-18(16)19/h4-11,19,21H,3,12-13H2,1-2H3,(H,23,27)(H,24,26). The molecule has 29 heavy (non-hydrogen) atoms. The molecular formula is C22H24N2O5. The third-order valence-electron chi connectivity index (χ3n) is 4.74. The Balaban J connectivity index is 1.52. The highest BCUT2D eigenvalue weighted by atomic mass is 16.6. The molecular weight excluding hydrogens is 372 g/mol. The molecule has 1 aliphatic rings. The highest BCUT2D eigenvalue weighted by Crippen LogP contribution is 2.44. The van der Waals surface area contributed by atoms with Gasteiger partial charge in [0.15, 0.2) is 6.23 Å². The van der Waals surface area contributed by atoms with Gasteiger partial charge in [0.1, 0.15) is 13.2 Å². The van der Waals surface area contributed by atoms with Gasteiger partial charge in [0.05, 0.1) is 0 Å². The van der Waals surface area contributed by atoms with Crippen molar-refractivity contribution in [1.82, 2.24) is 10.6 Å². The van der Waals surface area contributed by atoms with Crippen LogP contribution in [0.15, 0.2) is 48.5 Å². The van der Waals surface area contributed by atoms with Gasteiger partial charge in [-0.25, -0.2) is 4.79 Å². The lowest BCUT2D eigenvalue weighted by Crippen LogP contribution is -2.43. The van der Waals surface area contributed by atoms with Gasteiger partial charge in [0.25, 0.3) is 0 Å². The first-order chi connectivity index (χ1) is 14.0. The predicted molar refractivity (Wildman–Crippen MR) is 107 cm³/mol. The second kappa shape index (κ2) is 9.23. The van der Waals surface area contributed by atoms with Crippen LogP contribution in [0, 0.1) is 0 Å². The van der Waals surface area contributed by atoms with E-state index in [0.717, 1.165) is 22.3 Å². The summed E-state index contributed by atoms with van der Waals surface area (Å²) in [6, 6.07) is 16.1. The van der Waals surface area contributed by atoms with Gasteiger partial charge >= 0.3 is 12.1 Å². The number of alkyl carbamates (subject to hydrolysis) is 1. The summed E-state index contributed by atoms with van der Waals surface area (Å²) in [5.41, 5.74) is 4.53. The molecule has 2 N–H and O–H groups in total. The van der Waals surface area contributed by atoms with Gasteiger partial charge < -0.3 is 20.1 Å². The second-order valence-electron chi connectivity index (χ2n) is 6.75. The number of hydrogen-bond donors (Lipinski definition) is 2. The van der Waals surface area contributed by atoms with Crippen molar-refractivity contribution in [3.63, 3.8) is 0 Å². The van der Waals surface area contributed by atoms with Crippen LogP contribution in [-0.2, 0) is 19.1 Å². The largest absolute Gasteiger partial charge is 0.449 e. The van der Waals surface area contributed by atoms with Crippen LogP contribution >= 0.6 is 0 Å². The van der Waals surface area contributed by atoms with E-state index in [1.165, 1.54) is 6.92 Å². The number of nitrogens with one attached hydrogen (secondary N) is 2. The van der Waals surface area contributed by atoms with E-state index < -0.39 is 24.2 Å². The Morgan fingerprint density at radius 3 is 2.14 bits per heavy atom. The molecule has 0 saturated heterocycles. The average Bonchev–Trinajstić information content (AvgIpc) is 3.03. The first kappa shape index (κ1) is 20.4. The maximum absolute atomic E-state index is 12.1. The van der Waals surface area contributed by atoms with Crippen LogP contribution in [0.3, 0.4) is 0 Å². The molecule has 1 unspecified atom stereocenters. The zero-order chi connectivity index (χ0) is 20.8. The molecule has 7 heteroatoms. The Labute approximate surface area is 169 Å². The molecule has 0 bridgehead atoms. The van der Waals surface area contributed by atoms with E-state index >= 15 is 0 Å². The SMILES string of the molecule is CCC(NC(=O)CNC(=O)OCC1c2ccccc2-c2ccccc21)OC(C)=O. The number of amides is 2. The van der Waals surface area contributed by atoms with Crippen molar-refractivity contribution in [2.24, 2.45) is 0 Å². The van der Waals surface area contributed by atoms with Crippen LogP contribution in [0.2, 0.25) is 0 Å². The van der Waals surface area contributed by atoms with Crippen LogP contribution < -0.4 is 10.6 Å². The Morgan fingerprint density at radius 2 is 1.59 bits per heavy atom. The number of fused-ring (bicyclic) bond motifs is 3. The molecule has 0 aliphatic heterocycles. The van der Waals surface area contributed by atoms with Crippen molar-refractivity contribution in [1.29, 1.82) is 0 Å². The summed E-state index contributed by atoms with van der Waals surface area (Å²) in [5.74, 6) is -0.997. The molecule has 0 heterocycles. The molecule has 152 valence electrons. The monoisotopic (exact) mass is 396 g/mol. The van der Waals surface area contributed by atoms with E-state index in [1.807, 2.05) is 36.4 Å². The summed E-state index contributed by atoms with van der Waals surface area (Å²) in [4.78, 5) is 35.0. The van der Waals surface area contributed by atoms with Crippen molar-refractivity contribution >= 4 is 18.0 Å². The first-order valence-electron chi connectivity index (χ1n) is 9.55. The van der Waals surface area contributed by atoms with Crippen molar-refractivity contribution in [3.05, 3.63) is 59.7 Å². The third kappa shape index (κ3) is 4.93. The molecule has 2 aromatic rings. The fourth-order valence-electron chi connectivity index (χ4n) is 3.45. The molecule has 1 atom stereocenters. The van der Waals surface area contributed by atoms with E-state index in [4.69, 9.17) is 9.47 Å². The lowest BCUT2D eigenvalue weighted by atomic mass is 9.98. The maximum atomic E-state index is 12.1. The molecule has 2 aromatic carbocycles. The smallest absolute Gasteiger partial charge is 0.407 e. The summed E-state index contributed by atoms with van der Waals surface area (Å²) < 4.78 is 10.3. The number of rotatable bonds is 7. The minimum Gasteiger partial charge on any atom is -0.449 e. The topological polar surface area (TPSA) is 93.7 Å². The van der Waals surface area contributed by atoms with Crippen LogP contribution in [0.1, 0.15) is 37.3 Å². The van der Waals surface area contributed by atoms with Gasteiger partial charge in [-0.2, -0.15) is 0 Å². The summed E-state index contributed by atoms with van der Waals surface area (Å²) in [7, 11) is 0. The van der Waals surface area contributed by atoms with Crippen molar-refractivity contribution in [2.45, 2.75) is 32.4 Å². The second-order valence-corrected chi connectivity index (χ2v) is 6.75. The van der Waals surface area contributed by atoms with Gasteiger partial charge in [-0.1, -0.05) is 55.5 Å². The molecule has 0 spiro atoms. The molecule has 1 aliphatic carbocycles. The number of carbonyl (C=O) groups is 3. The van der Waals surface area contributed by atoms with E-state index in [1.54, 1.807) is 6.92 Å². The quantitative estimate of drug-likeness (QED) is 0.554. The van der Waals surface area contributed by atoms with Crippen molar-refractivity contribution in [2.75, 3.05) is 13.2 Å².